The Hall–Kier alpha value is -1.61. The van der Waals surface area contributed by atoms with Crippen molar-refractivity contribution in [1.29, 1.82) is 0 Å². The molecule has 1 heterocycles. The zero-order valence-electron chi connectivity index (χ0n) is 11.4. The molecule has 1 aromatic heterocycles. The van der Waals surface area contributed by atoms with Crippen molar-refractivity contribution in [3.8, 4) is 0 Å². The van der Waals surface area contributed by atoms with Crippen LogP contribution in [0.3, 0.4) is 0 Å². The number of nitrogens with zero attached hydrogens (tertiary/aromatic N) is 2. The fraction of sp³-hybridized carbons (Fsp3) is 0.400. The van der Waals surface area contributed by atoms with Crippen molar-refractivity contribution in [1.82, 2.24) is 9.78 Å². The predicted octanol–water partition coefficient (Wildman–Crippen LogP) is 2.15. The predicted molar refractivity (Wildman–Crippen MR) is 74.5 cm³/mol. The van der Waals surface area contributed by atoms with Crippen LogP contribution in [0.4, 0.5) is 0 Å². The van der Waals surface area contributed by atoms with Crippen LogP contribution < -0.4 is 5.73 Å². The molecule has 0 spiro atoms. The van der Waals surface area contributed by atoms with Crippen LogP contribution in [0.15, 0.2) is 30.5 Å². The van der Waals surface area contributed by atoms with Gasteiger partial charge in [0.2, 0.25) is 0 Å². The normalized spacial score (nSPS) is 12.7. The van der Waals surface area contributed by atoms with Crippen molar-refractivity contribution < 1.29 is 0 Å². The lowest BCUT2D eigenvalue weighted by Gasteiger charge is -2.11. The third-order valence-corrected chi connectivity index (χ3v) is 3.02. The number of hydrogen-bond acceptors (Lipinski definition) is 2. The Labute approximate surface area is 109 Å². The number of aryl methyl sites for hydroxylation is 3. The summed E-state index contributed by atoms with van der Waals surface area (Å²) < 4.78 is 1.82. The second-order valence-electron chi connectivity index (χ2n) is 5.15. The molecule has 0 radical (unpaired) electrons. The van der Waals surface area contributed by atoms with Gasteiger partial charge in [0.05, 0.1) is 5.69 Å². The van der Waals surface area contributed by atoms with Crippen molar-refractivity contribution in [2.45, 2.75) is 32.7 Å². The molecule has 0 aliphatic carbocycles. The molecule has 1 aromatic carbocycles. The maximum Gasteiger partial charge on any atom is 0.0640 e. The fourth-order valence-corrected chi connectivity index (χ4v) is 2.40. The first-order chi connectivity index (χ1) is 8.52. The molecule has 3 nitrogen and oxygen atoms in total. The van der Waals surface area contributed by atoms with Gasteiger partial charge < -0.3 is 5.73 Å². The lowest BCUT2D eigenvalue weighted by Crippen LogP contribution is -2.25. The highest BCUT2D eigenvalue weighted by atomic mass is 15.2. The van der Waals surface area contributed by atoms with Crippen LogP contribution in [0.25, 0.3) is 0 Å². The van der Waals surface area contributed by atoms with Crippen LogP contribution in [-0.2, 0) is 19.9 Å². The highest BCUT2D eigenvalue weighted by Crippen LogP contribution is 2.12. The second kappa shape index (κ2) is 5.36. The first kappa shape index (κ1) is 12.8. The maximum atomic E-state index is 6.20. The average molecular weight is 243 g/mol. The smallest absolute Gasteiger partial charge is 0.0640 e. The molecule has 0 saturated carbocycles. The summed E-state index contributed by atoms with van der Waals surface area (Å²) in [6.45, 7) is 4.25. The molecule has 2 rings (SSSR count). The minimum atomic E-state index is 0.126. The molecule has 2 aromatic rings. The van der Waals surface area contributed by atoms with E-state index in [4.69, 9.17) is 5.73 Å². The van der Waals surface area contributed by atoms with Gasteiger partial charge >= 0.3 is 0 Å². The molecule has 0 amide bonds. The van der Waals surface area contributed by atoms with E-state index in [0.717, 1.165) is 18.5 Å². The minimum Gasteiger partial charge on any atom is -0.327 e. The summed E-state index contributed by atoms with van der Waals surface area (Å²) in [5, 5.41) is 4.36. The molecular formula is C15H21N3. The van der Waals surface area contributed by atoms with E-state index in [1.165, 1.54) is 16.7 Å². The summed E-state index contributed by atoms with van der Waals surface area (Å²) in [6.07, 6.45) is 3.69. The van der Waals surface area contributed by atoms with Gasteiger partial charge in [-0.15, -0.1) is 0 Å². The maximum absolute atomic E-state index is 6.20. The summed E-state index contributed by atoms with van der Waals surface area (Å²) in [5.74, 6) is 0. The van der Waals surface area contributed by atoms with Gasteiger partial charge in [-0.3, -0.25) is 4.68 Å². The number of benzene rings is 1. The van der Waals surface area contributed by atoms with Gasteiger partial charge in [0, 0.05) is 25.7 Å². The Morgan fingerprint density at radius 2 is 1.83 bits per heavy atom. The molecule has 2 N–H and O–H groups in total. The monoisotopic (exact) mass is 243 g/mol. The second-order valence-corrected chi connectivity index (χ2v) is 5.15. The van der Waals surface area contributed by atoms with Gasteiger partial charge in [-0.25, -0.2) is 0 Å². The standard InChI is InChI=1S/C15H21N3/c1-11-6-12(2)8-13(7-11)9-14(16)10-15-4-5-18(3)17-15/h4-8,14H,9-10,16H2,1-3H3. The molecule has 0 bridgehead atoms. The Morgan fingerprint density at radius 1 is 1.17 bits per heavy atom. The van der Waals surface area contributed by atoms with Gasteiger partial charge in [0.15, 0.2) is 0 Å². The van der Waals surface area contributed by atoms with Crippen molar-refractivity contribution in [2.24, 2.45) is 12.8 Å². The molecule has 3 heteroatoms. The zero-order chi connectivity index (χ0) is 13.1. The van der Waals surface area contributed by atoms with Crippen LogP contribution in [0.1, 0.15) is 22.4 Å². The Morgan fingerprint density at radius 3 is 2.39 bits per heavy atom. The quantitative estimate of drug-likeness (QED) is 0.894. The average Bonchev–Trinajstić information content (AvgIpc) is 2.61. The van der Waals surface area contributed by atoms with Crippen molar-refractivity contribution in [2.75, 3.05) is 0 Å². The third kappa shape index (κ3) is 3.44. The van der Waals surface area contributed by atoms with E-state index in [-0.39, 0.29) is 6.04 Å². The van der Waals surface area contributed by atoms with E-state index >= 15 is 0 Å². The molecular weight excluding hydrogens is 222 g/mol. The summed E-state index contributed by atoms with van der Waals surface area (Å²) >= 11 is 0. The summed E-state index contributed by atoms with van der Waals surface area (Å²) in [5.41, 5.74) is 11.2. The Balaban J connectivity index is 2.00. The number of rotatable bonds is 4. The molecule has 1 atom stereocenters. The van der Waals surface area contributed by atoms with Crippen LogP contribution >= 0.6 is 0 Å². The fourth-order valence-electron chi connectivity index (χ4n) is 2.40. The van der Waals surface area contributed by atoms with Gasteiger partial charge in [-0.1, -0.05) is 29.3 Å². The third-order valence-electron chi connectivity index (χ3n) is 3.02. The first-order valence-electron chi connectivity index (χ1n) is 6.34. The highest BCUT2D eigenvalue weighted by Gasteiger charge is 2.08. The summed E-state index contributed by atoms with van der Waals surface area (Å²) in [7, 11) is 1.93. The van der Waals surface area contributed by atoms with Crippen LogP contribution in [0, 0.1) is 13.8 Å². The summed E-state index contributed by atoms with van der Waals surface area (Å²) in [4.78, 5) is 0. The van der Waals surface area contributed by atoms with E-state index < -0.39 is 0 Å². The van der Waals surface area contributed by atoms with Gasteiger partial charge in [-0.2, -0.15) is 5.10 Å². The lowest BCUT2D eigenvalue weighted by atomic mass is 9.99. The molecule has 0 aliphatic rings. The van der Waals surface area contributed by atoms with Crippen LogP contribution in [-0.4, -0.2) is 15.8 Å². The molecule has 18 heavy (non-hydrogen) atoms. The Bertz CT molecular complexity index is 508. The van der Waals surface area contributed by atoms with E-state index in [0.29, 0.717) is 0 Å². The number of hydrogen-bond donors (Lipinski definition) is 1. The SMILES string of the molecule is Cc1cc(C)cc(CC(N)Cc2ccn(C)n2)c1. The van der Waals surface area contributed by atoms with E-state index in [9.17, 15) is 0 Å². The van der Waals surface area contributed by atoms with Gasteiger partial charge in [0.1, 0.15) is 0 Å². The molecule has 0 fully saturated rings. The van der Waals surface area contributed by atoms with Gasteiger partial charge in [0.25, 0.3) is 0 Å². The Kier molecular flexibility index (Phi) is 3.82. The topological polar surface area (TPSA) is 43.8 Å². The molecule has 0 aliphatic heterocycles. The van der Waals surface area contributed by atoms with Crippen molar-refractivity contribution in [3.63, 3.8) is 0 Å². The molecule has 96 valence electrons. The summed E-state index contributed by atoms with van der Waals surface area (Å²) in [6, 6.07) is 8.77. The number of nitrogens with two attached hydrogens (primary N) is 1. The van der Waals surface area contributed by atoms with Gasteiger partial charge in [-0.05, 0) is 31.9 Å². The highest BCUT2D eigenvalue weighted by molar-refractivity contribution is 5.29. The van der Waals surface area contributed by atoms with Crippen LogP contribution in [0.2, 0.25) is 0 Å². The first-order valence-corrected chi connectivity index (χ1v) is 6.34. The number of aromatic nitrogens is 2. The minimum absolute atomic E-state index is 0.126. The van der Waals surface area contributed by atoms with Crippen LogP contribution in [0.5, 0.6) is 0 Å². The molecule has 1 unspecified atom stereocenters. The van der Waals surface area contributed by atoms with Crippen molar-refractivity contribution in [3.05, 3.63) is 52.8 Å². The lowest BCUT2D eigenvalue weighted by molar-refractivity contribution is 0.638. The van der Waals surface area contributed by atoms with E-state index in [1.807, 2.05) is 24.0 Å². The van der Waals surface area contributed by atoms with E-state index in [2.05, 4.69) is 37.1 Å². The zero-order valence-corrected chi connectivity index (χ0v) is 11.4. The van der Waals surface area contributed by atoms with E-state index in [1.54, 1.807) is 0 Å². The largest absolute Gasteiger partial charge is 0.327 e. The molecule has 0 saturated heterocycles. The van der Waals surface area contributed by atoms with Crippen molar-refractivity contribution >= 4 is 0 Å².